The standard InChI is InChI=1S/C21H20N4O3S/c26-19-10-13-24(21(28)23-19)14-20(27)22-11-5-12-25-15-6-1-3-8-17(15)29-18-9-4-2-7-16(18)25/h1-4,6-10,13H,5,11-12,14H2,(H,22,27)(H,23,26,28). The molecule has 0 atom stereocenters. The summed E-state index contributed by atoms with van der Waals surface area (Å²) in [5, 5.41) is 2.84. The van der Waals surface area contributed by atoms with Crippen LogP contribution in [0.3, 0.4) is 0 Å². The van der Waals surface area contributed by atoms with Crippen molar-refractivity contribution in [3.05, 3.63) is 81.6 Å². The molecule has 0 spiro atoms. The van der Waals surface area contributed by atoms with Crippen molar-refractivity contribution in [1.82, 2.24) is 14.9 Å². The Kier molecular flexibility index (Phi) is 5.53. The fourth-order valence-corrected chi connectivity index (χ4v) is 4.36. The van der Waals surface area contributed by atoms with Gasteiger partial charge in [-0.1, -0.05) is 36.0 Å². The molecule has 0 saturated heterocycles. The van der Waals surface area contributed by atoms with Crippen molar-refractivity contribution in [1.29, 1.82) is 0 Å². The third-order valence-corrected chi connectivity index (χ3v) is 5.75. The molecule has 0 fully saturated rings. The minimum absolute atomic E-state index is 0.123. The first-order valence-electron chi connectivity index (χ1n) is 9.32. The van der Waals surface area contributed by atoms with Crippen molar-refractivity contribution in [2.75, 3.05) is 18.0 Å². The van der Waals surface area contributed by atoms with Crippen LogP contribution >= 0.6 is 11.8 Å². The van der Waals surface area contributed by atoms with E-state index in [1.807, 2.05) is 24.3 Å². The third kappa shape index (κ3) is 4.27. The van der Waals surface area contributed by atoms with E-state index in [0.717, 1.165) is 13.0 Å². The number of anilines is 2. The first kappa shape index (κ1) is 19.1. The van der Waals surface area contributed by atoms with Gasteiger partial charge in [-0.3, -0.25) is 19.1 Å². The molecule has 0 saturated carbocycles. The number of fused-ring (bicyclic) bond motifs is 2. The van der Waals surface area contributed by atoms with Gasteiger partial charge in [0.15, 0.2) is 0 Å². The number of benzene rings is 2. The fourth-order valence-electron chi connectivity index (χ4n) is 3.27. The van der Waals surface area contributed by atoms with Gasteiger partial charge in [0, 0.05) is 35.1 Å². The number of aromatic amines is 1. The normalized spacial score (nSPS) is 12.2. The zero-order chi connectivity index (χ0) is 20.2. The van der Waals surface area contributed by atoms with Gasteiger partial charge in [-0.25, -0.2) is 4.79 Å². The Morgan fingerprint density at radius 1 is 0.966 bits per heavy atom. The summed E-state index contributed by atoms with van der Waals surface area (Å²) in [4.78, 5) is 41.7. The lowest BCUT2D eigenvalue weighted by atomic mass is 10.2. The third-order valence-electron chi connectivity index (χ3n) is 4.62. The lowest BCUT2D eigenvalue weighted by Gasteiger charge is -2.32. The van der Waals surface area contributed by atoms with E-state index in [1.54, 1.807) is 11.8 Å². The number of H-pyrrole nitrogens is 1. The molecular weight excluding hydrogens is 388 g/mol. The highest BCUT2D eigenvalue weighted by atomic mass is 32.2. The number of hydrogen-bond donors (Lipinski definition) is 2. The summed E-state index contributed by atoms with van der Waals surface area (Å²) >= 11 is 1.76. The number of nitrogens with one attached hydrogen (secondary N) is 2. The molecule has 3 aromatic rings. The van der Waals surface area contributed by atoms with Crippen LogP contribution in [-0.2, 0) is 11.3 Å². The summed E-state index contributed by atoms with van der Waals surface area (Å²) in [7, 11) is 0. The molecule has 0 bridgehead atoms. The van der Waals surface area contributed by atoms with Crippen molar-refractivity contribution in [2.24, 2.45) is 0 Å². The summed E-state index contributed by atoms with van der Waals surface area (Å²) in [6.07, 6.45) is 2.07. The van der Waals surface area contributed by atoms with Crippen molar-refractivity contribution in [3.8, 4) is 0 Å². The number of aromatic nitrogens is 2. The van der Waals surface area contributed by atoms with Crippen LogP contribution in [-0.4, -0.2) is 28.5 Å². The zero-order valence-corrected chi connectivity index (χ0v) is 16.4. The van der Waals surface area contributed by atoms with Crippen LogP contribution in [0.2, 0.25) is 0 Å². The maximum atomic E-state index is 12.1. The maximum Gasteiger partial charge on any atom is 0.328 e. The average molecular weight is 408 g/mol. The van der Waals surface area contributed by atoms with Gasteiger partial charge < -0.3 is 10.2 Å². The molecule has 1 amide bonds. The first-order valence-corrected chi connectivity index (χ1v) is 10.1. The lowest BCUT2D eigenvalue weighted by molar-refractivity contribution is -0.121. The van der Waals surface area contributed by atoms with E-state index in [9.17, 15) is 14.4 Å². The average Bonchev–Trinajstić information content (AvgIpc) is 2.72. The zero-order valence-electron chi connectivity index (χ0n) is 15.6. The molecule has 4 rings (SSSR count). The highest BCUT2D eigenvalue weighted by Crippen LogP contribution is 2.47. The molecule has 8 heteroatoms. The molecule has 148 valence electrons. The Bertz CT molecular complexity index is 1110. The molecule has 2 aromatic carbocycles. The SMILES string of the molecule is O=C(Cn1ccc(=O)[nH]c1=O)NCCCN1c2ccccc2Sc2ccccc21. The Hall–Kier alpha value is -3.26. The summed E-state index contributed by atoms with van der Waals surface area (Å²) < 4.78 is 1.17. The van der Waals surface area contributed by atoms with E-state index < -0.39 is 11.2 Å². The van der Waals surface area contributed by atoms with Crippen molar-refractivity contribution >= 4 is 29.0 Å². The van der Waals surface area contributed by atoms with Gasteiger partial charge in [0.2, 0.25) is 5.91 Å². The number of carbonyl (C=O) groups is 1. The van der Waals surface area contributed by atoms with Gasteiger partial charge in [0.05, 0.1) is 11.4 Å². The largest absolute Gasteiger partial charge is 0.354 e. The highest BCUT2D eigenvalue weighted by Gasteiger charge is 2.22. The first-order chi connectivity index (χ1) is 14.1. The van der Waals surface area contributed by atoms with Crippen LogP contribution in [0, 0.1) is 0 Å². The number of rotatable bonds is 6. The van der Waals surface area contributed by atoms with Crippen LogP contribution in [0.1, 0.15) is 6.42 Å². The van der Waals surface area contributed by atoms with Gasteiger partial charge in [-0.2, -0.15) is 0 Å². The topological polar surface area (TPSA) is 87.2 Å². The molecule has 29 heavy (non-hydrogen) atoms. The quantitative estimate of drug-likeness (QED) is 0.612. The number of hydrogen-bond acceptors (Lipinski definition) is 5. The summed E-state index contributed by atoms with van der Waals surface area (Å²) in [6.45, 7) is 1.13. The second-order valence-corrected chi connectivity index (χ2v) is 7.71. The summed E-state index contributed by atoms with van der Waals surface area (Å²) in [5.41, 5.74) is 1.27. The number of nitrogens with zero attached hydrogens (tertiary/aromatic N) is 2. The van der Waals surface area contributed by atoms with Gasteiger partial charge in [-0.05, 0) is 30.7 Å². The van der Waals surface area contributed by atoms with Gasteiger partial charge in [-0.15, -0.1) is 0 Å². The molecule has 1 aliphatic heterocycles. The molecular formula is C21H20N4O3S. The maximum absolute atomic E-state index is 12.1. The van der Waals surface area contributed by atoms with Crippen LogP contribution in [0.4, 0.5) is 11.4 Å². The molecule has 0 aliphatic carbocycles. The number of amides is 1. The monoisotopic (exact) mass is 408 g/mol. The van der Waals surface area contributed by atoms with Gasteiger partial charge in [0.1, 0.15) is 6.54 Å². The van der Waals surface area contributed by atoms with E-state index in [1.165, 1.54) is 38.0 Å². The molecule has 2 N–H and O–H groups in total. The minimum Gasteiger partial charge on any atom is -0.354 e. The summed E-state index contributed by atoms with van der Waals surface area (Å²) in [6, 6.07) is 17.8. The molecule has 0 unspecified atom stereocenters. The molecule has 1 aromatic heterocycles. The second kappa shape index (κ2) is 8.40. The van der Waals surface area contributed by atoms with Gasteiger partial charge >= 0.3 is 5.69 Å². The molecule has 1 aliphatic rings. The van der Waals surface area contributed by atoms with Crippen LogP contribution in [0.5, 0.6) is 0 Å². The van der Waals surface area contributed by atoms with Crippen LogP contribution < -0.4 is 21.5 Å². The predicted molar refractivity (Wildman–Crippen MR) is 113 cm³/mol. The van der Waals surface area contributed by atoms with E-state index in [-0.39, 0.29) is 12.5 Å². The minimum atomic E-state index is -0.591. The molecule has 2 heterocycles. The summed E-state index contributed by atoms with van der Waals surface area (Å²) in [5.74, 6) is -0.269. The Morgan fingerprint density at radius 2 is 1.62 bits per heavy atom. The number of carbonyl (C=O) groups excluding carboxylic acids is 1. The Balaban J connectivity index is 1.37. The second-order valence-electron chi connectivity index (χ2n) is 6.63. The van der Waals surface area contributed by atoms with E-state index in [2.05, 4.69) is 39.5 Å². The number of para-hydroxylation sites is 2. The van der Waals surface area contributed by atoms with E-state index in [0.29, 0.717) is 6.54 Å². The molecule has 0 radical (unpaired) electrons. The highest BCUT2D eigenvalue weighted by molar-refractivity contribution is 7.99. The van der Waals surface area contributed by atoms with E-state index >= 15 is 0 Å². The Labute approximate surface area is 171 Å². The van der Waals surface area contributed by atoms with Crippen molar-refractivity contribution in [3.63, 3.8) is 0 Å². The smallest absolute Gasteiger partial charge is 0.328 e. The van der Waals surface area contributed by atoms with E-state index in [4.69, 9.17) is 0 Å². The van der Waals surface area contributed by atoms with Crippen LogP contribution in [0.15, 0.2) is 80.2 Å². The van der Waals surface area contributed by atoms with Gasteiger partial charge in [0.25, 0.3) is 5.56 Å². The van der Waals surface area contributed by atoms with Crippen molar-refractivity contribution < 1.29 is 4.79 Å². The fraction of sp³-hybridized carbons (Fsp3) is 0.190. The predicted octanol–water partition coefficient (Wildman–Crippen LogP) is 2.35. The molecule has 7 nitrogen and oxygen atoms in total. The van der Waals surface area contributed by atoms with Crippen LogP contribution in [0.25, 0.3) is 0 Å². The van der Waals surface area contributed by atoms with Crippen molar-refractivity contribution in [2.45, 2.75) is 22.8 Å². The lowest BCUT2D eigenvalue weighted by Crippen LogP contribution is -2.36. The Morgan fingerprint density at radius 3 is 2.28 bits per heavy atom.